The molecular formula is C40H40Cl2N4O7. The van der Waals surface area contributed by atoms with Crippen molar-refractivity contribution >= 4 is 58.6 Å². The number of fused-ring (bicyclic) bond motifs is 2. The number of hydrogen-bond acceptors (Lipinski definition) is 7. The monoisotopic (exact) mass is 758 g/mol. The number of hydrogen-bond donors (Lipinski definition) is 4. The summed E-state index contributed by atoms with van der Waals surface area (Å²) in [7, 11) is 0. The smallest absolute Gasteiger partial charge is 0.261 e. The lowest BCUT2D eigenvalue weighted by Crippen LogP contribution is -2.46. The number of carbonyl (C=O) groups excluding carboxylic acids is 6. The number of carbonyl (C=O) groups is 6. The van der Waals surface area contributed by atoms with Gasteiger partial charge in [0, 0.05) is 29.7 Å². The summed E-state index contributed by atoms with van der Waals surface area (Å²) in [4.78, 5) is 72.3. The maximum absolute atomic E-state index is 12.6. The third-order valence-electron chi connectivity index (χ3n) is 8.49. The van der Waals surface area contributed by atoms with Crippen LogP contribution in [0.15, 0.2) is 97.1 Å². The van der Waals surface area contributed by atoms with Crippen molar-refractivity contribution in [3.05, 3.63) is 140 Å². The second-order valence-electron chi connectivity index (χ2n) is 13.5. The highest BCUT2D eigenvalue weighted by Gasteiger charge is 2.40. The molecule has 0 unspecified atom stereocenters. The van der Waals surface area contributed by atoms with Crippen LogP contribution in [0.3, 0.4) is 0 Å². The molecule has 4 aromatic rings. The summed E-state index contributed by atoms with van der Waals surface area (Å²) < 4.78 is 0. The Morgan fingerprint density at radius 2 is 0.962 bits per heavy atom. The fourth-order valence-electron chi connectivity index (χ4n) is 5.15. The molecule has 4 N–H and O–H groups in total. The molecular weight excluding hydrogens is 719 g/mol. The van der Waals surface area contributed by atoms with Crippen LogP contribution in [-0.2, 0) is 22.7 Å². The van der Waals surface area contributed by atoms with Crippen molar-refractivity contribution < 1.29 is 33.9 Å². The molecule has 2 aliphatic heterocycles. The summed E-state index contributed by atoms with van der Waals surface area (Å²) in [6.07, 6.45) is 0. The molecule has 0 fully saturated rings. The van der Waals surface area contributed by atoms with Crippen LogP contribution in [-0.4, -0.2) is 58.6 Å². The van der Waals surface area contributed by atoms with Gasteiger partial charge in [0.2, 0.25) is 11.8 Å². The van der Waals surface area contributed by atoms with E-state index in [4.69, 9.17) is 28.3 Å². The molecule has 11 nitrogen and oxygen atoms in total. The average molecular weight is 760 g/mol. The number of nitrogens with one attached hydrogen (secondary N) is 3. The summed E-state index contributed by atoms with van der Waals surface area (Å²) in [5.74, 6) is -1.77. The third kappa shape index (κ3) is 9.95. The minimum atomic E-state index is -0.936. The van der Waals surface area contributed by atoms with Crippen molar-refractivity contribution in [1.82, 2.24) is 20.9 Å². The minimum absolute atomic E-state index is 0.00764. The van der Waals surface area contributed by atoms with Gasteiger partial charge in [0.05, 0.1) is 39.7 Å². The van der Waals surface area contributed by atoms with Gasteiger partial charge in [-0.05, 0) is 75.2 Å². The van der Waals surface area contributed by atoms with Crippen molar-refractivity contribution in [2.75, 3.05) is 13.2 Å². The van der Waals surface area contributed by atoms with Crippen molar-refractivity contribution in [2.24, 2.45) is 10.8 Å². The molecule has 0 saturated carbocycles. The molecule has 0 saturated heterocycles. The van der Waals surface area contributed by atoms with Crippen LogP contribution < -0.4 is 16.0 Å². The van der Waals surface area contributed by atoms with Crippen molar-refractivity contribution in [3.63, 3.8) is 0 Å². The first-order chi connectivity index (χ1) is 25.1. The molecule has 13 heteroatoms. The molecule has 6 amide bonds. The molecule has 4 aromatic carbocycles. The molecule has 0 bridgehead atoms. The van der Waals surface area contributed by atoms with E-state index >= 15 is 0 Å². The number of aliphatic hydroxyl groups excluding tert-OH is 1. The predicted molar refractivity (Wildman–Crippen MR) is 201 cm³/mol. The Morgan fingerprint density at radius 1 is 0.604 bits per heavy atom. The predicted octanol–water partition coefficient (Wildman–Crippen LogP) is 5.82. The molecule has 0 aromatic heterocycles. The molecule has 0 spiro atoms. The van der Waals surface area contributed by atoms with Crippen molar-refractivity contribution in [1.29, 1.82) is 0 Å². The van der Waals surface area contributed by atoms with Crippen LogP contribution >= 0.6 is 23.2 Å². The van der Waals surface area contributed by atoms with Crippen LogP contribution in [0.25, 0.3) is 0 Å². The normalized spacial score (nSPS) is 13.2. The van der Waals surface area contributed by atoms with E-state index in [0.29, 0.717) is 38.8 Å². The summed E-state index contributed by atoms with van der Waals surface area (Å²) in [6, 6.07) is 28.0. The largest absolute Gasteiger partial charge is 0.395 e. The van der Waals surface area contributed by atoms with Crippen LogP contribution in [0, 0.1) is 10.8 Å². The van der Waals surface area contributed by atoms with Gasteiger partial charge in [-0.25, -0.2) is 0 Å². The fraction of sp³-hybridized carbons (Fsp3) is 0.250. The standard InChI is InChI=1S/C20H19ClN2O3.C12H16ClNO2.C8H5NO2/c1-20(2,19(26)22-11-13-7-3-6-10-16(13)21)12-23-17(24)14-8-4-5-9-15(14)18(23)25;1-12(2,8-15)11(16)14-7-9-5-3-4-6-10(9)13;10-7-5-3-1-2-4-6(5)8(11)9-7/h3-10H,11-12H2,1-2H3,(H,22,26);3-6,15H,7-8H2,1-2H3,(H,14,16);1-4H,(H,9,10,11). The number of benzene rings is 4. The fourth-order valence-corrected chi connectivity index (χ4v) is 5.56. The molecule has 2 aliphatic rings. The number of rotatable bonds is 9. The highest BCUT2D eigenvalue weighted by molar-refractivity contribution is 6.31. The van der Waals surface area contributed by atoms with Crippen LogP contribution in [0.4, 0.5) is 0 Å². The van der Waals surface area contributed by atoms with E-state index in [2.05, 4.69) is 16.0 Å². The van der Waals surface area contributed by atoms with Gasteiger partial charge in [0.15, 0.2) is 0 Å². The topological polar surface area (TPSA) is 162 Å². The van der Waals surface area contributed by atoms with Crippen LogP contribution in [0.5, 0.6) is 0 Å². The molecule has 276 valence electrons. The maximum Gasteiger partial charge on any atom is 0.261 e. The Balaban J connectivity index is 0.000000197. The minimum Gasteiger partial charge on any atom is -0.395 e. The summed E-state index contributed by atoms with van der Waals surface area (Å²) in [5, 5.41) is 18.0. The highest BCUT2D eigenvalue weighted by atomic mass is 35.5. The number of amides is 6. The molecule has 53 heavy (non-hydrogen) atoms. The molecule has 2 heterocycles. The lowest BCUT2D eigenvalue weighted by Gasteiger charge is -2.28. The van der Waals surface area contributed by atoms with E-state index in [0.717, 1.165) is 16.0 Å². The van der Waals surface area contributed by atoms with E-state index < -0.39 is 10.8 Å². The lowest BCUT2D eigenvalue weighted by molar-refractivity contribution is -0.131. The van der Waals surface area contributed by atoms with Crippen LogP contribution in [0.1, 0.15) is 80.3 Å². The van der Waals surface area contributed by atoms with Crippen molar-refractivity contribution in [3.8, 4) is 0 Å². The Kier molecular flexibility index (Phi) is 13.3. The number of aliphatic hydroxyl groups is 1. The van der Waals surface area contributed by atoms with Gasteiger partial charge in [-0.1, -0.05) is 83.9 Å². The Labute approximate surface area is 317 Å². The maximum atomic E-state index is 12.6. The Hall–Kier alpha value is -5.36. The van der Waals surface area contributed by atoms with Crippen LogP contribution in [0.2, 0.25) is 10.0 Å². The summed E-state index contributed by atoms with van der Waals surface area (Å²) in [5.41, 5.74) is 1.67. The quantitative estimate of drug-likeness (QED) is 0.156. The first-order valence-corrected chi connectivity index (χ1v) is 17.4. The van der Waals surface area contributed by atoms with E-state index in [9.17, 15) is 28.8 Å². The molecule has 0 aliphatic carbocycles. The zero-order valence-corrected chi connectivity index (χ0v) is 31.2. The second-order valence-corrected chi connectivity index (χ2v) is 14.4. The number of halogens is 2. The number of nitrogens with zero attached hydrogens (tertiary/aromatic N) is 1. The zero-order valence-electron chi connectivity index (χ0n) is 29.7. The zero-order chi connectivity index (χ0) is 38.9. The highest BCUT2D eigenvalue weighted by Crippen LogP contribution is 2.27. The number of imide groups is 2. The van der Waals surface area contributed by atoms with Crippen molar-refractivity contribution in [2.45, 2.75) is 40.8 Å². The molecule has 0 atom stereocenters. The van der Waals surface area contributed by atoms with Gasteiger partial charge in [-0.2, -0.15) is 0 Å². The summed E-state index contributed by atoms with van der Waals surface area (Å²) >= 11 is 12.1. The average Bonchev–Trinajstić information content (AvgIpc) is 3.57. The van der Waals surface area contributed by atoms with E-state index in [1.807, 2.05) is 36.4 Å². The van der Waals surface area contributed by atoms with Gasteiger partial charge in [-0.3, -0.25) is 39.0 Å². The summed E-state index contributed by atoms with van der Waals surface area (Å²) in [6.45, 7) is 7.28. The lowest BCUT2D eigenvalue weighted by atomic mass is 9.91. The first-order valence-electron chi connectivity index (χ1n) is 16.6. The molecule has 6 rings (SSSR count). The SMILES string of the molecule is CC(C)(CN1C(=O)c2ccccc2C1=O)C(=O)NCc1ccccc1Cl.CC(C)(CO)C(=O)NCc1ccccc1Cl.O=C1NC(=O)c2ccccc21. The second kappa shape index (κ2) is 17.4. The van der Waals surface area contributed by atoms with E-state index in [-0.39, 0.29) is 55.1 Å². The van der Waals surface area contributed by atoms with Gasteiger partial charge < -0.3 is 15.7 Å². The Morgan fingerprint density at radius 3 is 1.36 bits per heavy atom. The van der Waals surface area contributed by atoms with Gasteiger partial charge >= 0.3 is 0 Å². The van der Waals surface area contributed by atoms with Gasteiger partial charge in [0.25, 0.3) is 23.6 Å². The van der Waals surface area contributed by atoms with Gasteiger partial charge in [0.1, 0.15) is 0 Å². The first kappa shape index (κ1) is 40.4. The third-order valence-corrected chi connectivity index (χ3v) is 9.23. The van der Waals surface area contributed by atoms with Gasteiger partial charge in [-0.15, -0.1) is 0 Å². The van der Waals surface area contributed by atoms with E-state index in [1.54, 1.807) is 88.4 Å². The van der Waals surface area contributed by atoms with E-state index in [1.165, 1.54) is 0 Å². The molecule has 0 radical (unpaired) electrons. The Bertz CT molecular complexity index is 1980.